The number of halogens is 3. The maximum absolute atomic E-state index is 13.0. The number of ether oxygens (including phenoxy) is 1. The van der Waals surface area contributed by atoms with E-state index in [0.29, 0.717) is 37.8 Å². The van der Waals surface area contributed by atoms with Gasteiger partial charge in [-0.25, -0.2) is 0 Å². The minimum Gasteiger partial charge on any atom is -0.370 e. The van der Waals surface area contributed by atoms with Crippen molar-refractivity contribution in [2.45, 2.75) is 25.7 Å². The van der Waals surface area contributed by atoms with Crippen LogP contribution in [0.15, 0.2) is 47.6 Å². The zero-order valence-electron chi connectivity index (χ0n) is 15.8. The fourth-order valence-electron chi connectivity index (χ4n) is 3.16. The average Bonchev–Trinajstić information content (AvgIpc) is 2.69. The second-order valence-electron chi connectivity index (χ2n) is 6.60. The van der Waals surface area contributed by atoms with Gasteiger partial charge in [0.15, 0.2) is 5.96 Å². The minimum atomic E-state index is -4.37. The summed E-state index contributed by atoms with van der Waals surface area (Å²) in [7, 11) is 1.68. The van der Waals surface area contributed by atoms with Gasteiger partial charge in [-0.15, -0.1) is 0 Å². The summed E-state index contributed by atoms with van der Waals surface area (Å²) in [6, 6.07) is 9.18. The Morgan fingerprint density at radius 2 is 2.14 bits per heavy atom. The number of alkyl halides is 3. The molecule has 5 nitrogen and oxygen atoms in total. The van der Waals surface area contributed by atoms with E-state index in [-0.39, 0.29) is 0 Å². The normalized spacial score (nSPS) is 18.2. The van der Waals surface area contributed by atoms with Gasteiger partial charge in [0.05, 0.1) is 31.0 Å². The van der Waals surface area contributed by atoms with Gasteiger partial charge >= 0.3 is 6.18 Å². The standard InChI is InChI=1S/C20H23F3N4O/c1-14-5-4-8-25-17(14)12-26-19(24-2)27-9-10-28-18(13-27)15-6-3-7-16(11-15)20(21,22)23/h3-8,11,18H,9-10,12-13H2,1-2H3,(H,24,26). The Bertz CT molecular complexity index is 838. The Kier molecular flexibility index (Phi) is 6.18. The molecule has 1 N–H and O–H groups in total. The predicted octanol–water partition coefficient (Wildman–Crippen LogP) is 3.56. The lowest BCUT2D eigenvalue weighted by Gasteiger charge is -2.35. The molecule has 150 valence electrons. The van der Waals surface area contributed by atoms with Gasteiger partial charge in [0, 0.05) is 19.8 Å². The van der Waals surface area contributed by atoms with E-state index in [2.05, 4.69) is 15.3 Å². The highest BCUT2D eigenvalue weighted by Gasteiger charge is 2.32. The number of morpholine rings is 1. The first kappa shape index (κ1) is 20.1. The van der Waals surface area contributed by atoms with Gasteiger partial charge in [0.25, 0.3) is 0 Å². The number of pyridine rings is 1. The summed E-state index contributed by atoms with van der Waals surface area (Å²) < 4.78 is 44.7. The monoisotopic (exact) mass is 392 g/mol. The third kappa shape index (κ3) is 4.81. The van der Waals surface area contributed by atoms with Crippen LogP contribution < -0.4 is 5.32 Å². The highest BCUT2D eigenvalue weighted by Crippen LogP contribution is 2.32. The minimum absolute atomic E-state index is 0.407. The van der Waals surface area contributed by atoms with Gasteiger partial charge in [-0.3, -0.25) is 9.98 Å². The Balaban J connectivity index is 1.69. The fourth-order valence-corrected chi connectivity index (χ4v) is 3.16. The maximum Gasteiger partial charge on any atom is 0.416 e. The highest BCUT2D eigenvalue weighted by molar-refractivity contribution is 5.80. The van der Waals surface area contributed by atoms with Crippen molar-refractivity contribution in [2.24, 2.45) is 4.99 Å². The van der Waals surface area contributed by atoms with Crippen molar-refractivity contribution in [3.05, 3.63) is 65.0 Å². The molecule has 1 unspecified atom stereocenters. The zero-order valence-corrected chi connectivity index (χ0v) is 15.8. The molecule has 1 aromatic heterocycles. The largest absolute Gasteiger partial charge is 0.416 e. The molecule has 3 rings (SSSR count). The van der Waals surface area contributed by atoms with Crippen molar-refractivity contribution in [3.63, 3.8) is 0 Å². The van der Waals surface area contributed by atoms with Crippen molar-refractivity contribution < 1.29 is 17.9 Å². The Morgan fingerprint density at radius 3 is 2.86 bits per heavy atom. The van der Waals surface area contributed by atoms with Crippen molar-refractivity contribution in [1.29, 1.82) is 0 Å². The van der Waals surface area contributed by atoms with Gasteiger partial charge in [-0.2, -0.15) is 13.2 Å². The van der Waals surface area contributed by atoms with E-state index in [1.54, 1.807) is 19.3 Å². The number of benzene rings is 1. The van der Waals surface area contributed by atoms with Crippen LogP contribution in [0.4, 0.5) is 13.2 Å². The molecular formula is C20H23F3N4O. The number of hydrogen-bond acceptors (Lipinski definition) is 3. The van der Waals surface area contributed by atoms with Gasteiger partial charge in [-0.1, -0.05) is 18.2 Å². The molecule has 0 amide bonds. The Morgan fingerprint density at radius 1 is 1.32 bits per heavy atom. The summed E-state index contributed by atoms with van der Waals surface area (Å²) in [5, 5.41) is 3.28. The molecule has 8 heteroatoms. The fraction of sp³-hybridized carbons (Fsp3) is 0.400. The van der Waals surface area contributed by atoms with Crippen LogP contribution in [0, 0.1) is 6.92 Å². The third-order valence-corrected chi connectivity index (χ3v) is 4.70. The first-order valence-corrected chi connectivity index (χ1v) is 9.03. The van der Waals surface area contributed by atoms with Crippen LogP contribution in [-0.2, 0) is 17.5 Å². The molecule has 1 aromatic carbocycles. The molecule has 2 heterocycles. The number of nitrogens with one attached hydrogen (secondary N) is 1. The number of aryl methyl sites for hydroxylation is 1. The zero-order chi connectivity index (χ0) is 20.1. The molecule has 28 heavy (non-hydrogen) atoms. The number of rotatable bonds is 3. The van der Waals surface area contributed by atoms with E-state index in [0.717, 1.165) is 23.4 Å². The second kappa shape index (κ2) is 8.60. The van der Waals surface area contributed by atoms with Crippen molar-refractivity contribution >= 4 is 5.96 Å². The van der Waals surface area contributed by atoms with Crippen LogP contribution >= 0.6 is 0 Å². The van der Waals surface area contributed by atoms with Crippen LogP contribution in [0.1, 0.15) is 28.5 Å². The molecule has 0 bridgehead atoms. The first-order chi connectivity index (χ1) is 13.4. The molecule has 1 aliphatic heterocycles. The van der Waals surface area contributed by atoms with Crippen molar-refractivity contribution in [2.75, 3.05) is 26.7 Å². The van der Waals surface area contributed by atoms with E-state index < -0.39 is 17.8 Å². The SMILES string of the molecule is CN=C(NCc1ncccc1C)N1CCOC(c2cccc(C(F)(F)F)c2)C1. The quantitative estimate of drug-likeness (QED) is 0.641. The summed E-state index contributed by atoms with van der Waals surface area (Å²) >= 11 is 0. The molecule has 2 aromatic rings. The smallest absolute Gasteiger partial charge is 0.370 e. The van der Waals surface area contributed by atoms with E-state index in [1.807, 2.05) is 24.0 Å². The van der Waals surface area contributed by atoms with Gasteiger partial charge < -0.3 is 15.0 Å². The molecule has 0 spiro atoms. The van der Waals surface area contributed by atoms with Crippen LogP contribution in [-0.4, -0.2) is 42.6 Å². The Hall–Kier alpha value is -2.61. The second-order valence-corrected chi connectivity index (χ2v) is 6.60. The van der Waals surface area contributed by atoms with Crippen LogP contribution in [0.5, 0.6) is 0 Å². The van der Waals surface area contributed by atoms with Gasteiger partial charge in [0.1, 0.15) is 6.10 Å². The lowest BCUT2D eigenvalue weighted by atomic mass is 10.0. The predicted molar refractivity (Wildman–Crippen MR) is 101 cm³/mol. The molecule has 1 aliphatic rings. The van der Waals surface area contributed by atoms with Crippen LogP contribution in [0.3, 0.4) is 0 Å². The van der Waals surface area contributed by atoms with Crippen molar-refractivity contribution in [3.8, 4) is 0 Å². The Labute approximate surface area is 162 Å². The summed E-state index contributed by atoms with van der Waals surface area (Å²) in [5.41, 5.74) is 1.84. The number of hydrogen-bond donors (Lipinski definition) is 1. The summed E-state index contributed by atoms with van der Waals surface area (Å²) in [5.74, 6) is 0.672. The first-order valence-electron chi connectivity index (χ1n) is 9.03. The van der Waals surface area contributed by atoms with E-state index >= 15 is 0 Å². The lowest BCUT2D eigenvalue weighted by molar-refractivity contribution is -0.137. The summed E-state index contributed by atoms with van der Waals surface area (Å²) in [4.78, 5) is 10.7. The number of aromatic nitrogens is 1. The summed E-state index contributed by atoms with van der Waals surface area (Å²) in [6.45, 7) is 3.94. The molecule has 1 atom stereocenters. The molecule has 0 saturated carbocycles. The summed E-state index contributed by atoms with van der Waals surface area (Å²) in [6.07, 6.45) is -3.08. The maximum atomic E-state index is 13.0. The highest BCUT2D eigenvalue weighted by atomic mass is 19.4. The van der Waals surface area contributed by atoms with E-state index in [1.165, 1.54) is 6.07 Å². The van der Waals surface area contributed by atoms with E-state index in [4.69, 9.17) is 4.74 Å². The number of guanidine groups is 1. The van der Waals surface area contributed by atoms with Crippen LogP contribution in [0.25, 0.3) is 0 Å². The topological polar surface area (TPSA) is 49.8 Å². The molecule has 0 radical (unpaired) electrons. The van der Waals surface area contributed by atoms with Gasteiger partial charge in [-0.05, 0) is 36.2 Å². The lowest BCUT2D eigenvalue weighted by Crippen LogP contribution is -2.48. The molecule has 1 saturated heterocycles. The average molecular weight is 392 g/mol. The van der Waals surface area contributed by atoms with Crippen LogP contribution in [0.2, 0.25) is 0 Å². The third-order valence-electron chi connectivity index (χ3n) is 4.70. The van der Waals surface area contributed by atoms with Gasteiger partial charge in [0.2, 0.25) is 0 Å². The number of nitrogens with zero attached hydrogens (tertiary/aromatic N) is 3. The molecule has 0 aliphatic carbocycles. The van der Waals surface area contributed by atoms with E-state index in [9.17, 15) is 13.2 Å². The van der Waals surface area contributed by atoms with Crippen molar-refractivity contribution in [1.82, 2.24) is 15.2 Å². The molecular weight excluding hydrogens is 369 g/mol. The number of aliphatic imine (C=N–C) groups is 1. The molecule has 1 fully saturated rings.